The molecule has 0 spiro atoms. The van der Waals surface area contributed by atoms with Crippen LogP contribution in [0.15, 0.2) is 24.3 Å². The van der Waals surface area contributed by atoms with Crippen LogP contribution in [-0.2, 0) is 4.79 Å². The number of hydrogen-bond donors (Lipinski definition) is 2. The second kappa shape index (κ2) is 5.82. The Morgan fingerprint density at radius 3 is 2.89 bits per heavy atom. The summed E-state index contributed by atoms with van der Waals surface area (Å²) >= 11 is 4.74. The highest BCUT2D eigenvalue weighted by Crippen LogP contribution is 2.28. The van der Waals surface area contributed by atoms with Crippen LogP contribution in [0.2, 0.25) is 0 Å². The van der Waals surface area contributed by atoms with E-state index in [1.165, 1.54) is 0 Å². The Bertz CT molecular complexity index is 458. The summed E-state index contributed by atoms with van der Waals surface area (Å²) < 4.78 is 5.37. The van der Waals surface area contributed by atoms with Gasteiger partial charge in [0, 0.05) is 17.7 Å². The molecule has 96 valence electrons. The van der Waals surface area contributed by atoms with Gasteiger partial charge < -0.3 is 15.8 Å². The average molecular weight is 264 g/mol. The fourth-order valence-corrected chi connectivity index (χ4v) is 1.79. The molecular formula is C13H16N2O2S. The number of hydrogen-bond acceptors (Lipinski definition) is 3. The summed E-state index contributed by atoms with van der Waals surface area (Å²) in [6.45, 7) is 0.204. The van der Waals surface area contributed by atoms with E-state index in [0.29, 0.717) is 10.7 Å². The Labute approximate surface area is 112 Å². The van der Waals surface area contributed by atoms with Gasteiger partial charge in [-0.15, -0.1) is 0 Å². The molecule has 0 radical (unpaired) electrons. The number of nitrogens with two attached hydrogens (primary N) is 1. The highest BCUT2D eigenvalue weighted by molar-refractivity contribution is 7.80. The molecule has 0 atom stereocenters. The molecule has 1 aliphatic rings. The molecule has 2 rings (SSSR count). The van der Waals surface area contributed by atoms with Crippen molar-refractivity contribution in [2.24, 2.45) is 11.7 Å². The number of ether oxygens (including phenoxy) is 1. The summed E-state index contributed by atoms with van der Waals surface area (Å²) in [6, 6.07) is 7.24. The summed E-state index contributed by atoms with van der Waals surface area (Å²) in [5, 5.41) is 2.89. The van der Waals surface area contributed by atoms with E-state index in [2.05, 4.69) is 5.32 Å². The van der Waals surface area contributed by atoms with E-state index in [0.717, 1.165) is 24.9 Å². The van der Waals surface area contributed by atoms with Crippen molar-refractivity contribution in [1.82, 2.24) is 0 Å². The van der Waals surface area contributed by atoms with Crippen LogP contribution in [0.4, 0.5) is 5.69 Å². The molecule has 0 aliphatic heterocycles. The summed E-state index contributed by atoms with van der Waals surface area (Å²) in [6.07, 6.45) is 3.13. The fourth-order valence-electron chi connectivity index (χ4n) is 1.73. The first-order valence-corrected chi connectivity index (χ1v) is 6.38. The van der Waals surface area contributed by atoms with Crippen LogP contribution < -0.4 is 15.8 Å². The van der Waals surface area contributed by atoms with Crippen molar-refractivity contribution >= 4 is 28.8 Å². The molecular weight excluding hydrogens is 248 g/mol. The van der Waals surface area contributed by atoms with Gasteiger partial charge in [-0.2, -0.15) is 0 Å². The number of anilines is 1. The minimum atomic E-state index is 0.0905. The van der Waals surface area contributed by atoms with Gasteiger partial charge in [0.1, 0.15) is 17.3 Å². The Hall–Kier alpha value is -1.62. The second-order valence-corrected chi connectivity index (χ2v) is 4.92. The van der Waals surface area contributed by atoms with Crippen LogP contribution >= 0.6 is 12.2 Å². The predicted molar refractivity (Wildman–Crippen MR) is 74.7 cm³/mol. The third kappa shape index (κ3) is 3.43. The Balaban J connectivity index is 1.93. The number of rotatable bonds is 5. The molecule has 18 heavy (non-hydrogen) atoms. The summed E-state index contributed by atoms with van der Waals surface area (Å²) in [5.41, 5.74) is 6.10. The van der Waals surface area contributed by atoms with E-state index in [1.54, 1.807) is 12.1 Å². The molecule has 1 aromatic carbocycles. The maximum atomic E-state index is 11.8. The summed E-state index contributed by atoms with van der Waals surface area (Å²) in [4.78, 5) is 12.1. The number of carbonyl (C=O) groups excluding carboxylic acids is 1. The molecule has 1 saturated carbocycles. The quantitative estimate of drug-likeness (QED) is 0.799. The van der Waals surface area contributed by atoms with Gasteiger partial charge in [0.05, 0.1) is 0 Å². The average Bonchev–Trinajstić information content (AvgIpc) is 2.24. The minimum Gasteiger partial charge on any atom is -0.486 e. The molecule has 5 heteroatoms. The van der Waals surface area contributed by atoms with Crippen LogP contribution in [0.3, 0.4) is 0 Å². The number of benzene rings is 1. The zero-order valence-electron chi connectivity index (χ0n) is 10.0. The zero-order chi connectivity index (χ0) is 13.0. The largest absolute Gasteiger partial charge is 0.486 e. The van der Waals surface area contributed by atoms with Gasteiger partial charge in [-0.25, -0.2) is 0 Å². The molecule has 0 heterocycles. The topological polar surface area (TPSA) is 64.3 Å². The van der Waals surface area contributed by atoms with Crippen LogP contribution in [-0.4, -0.2) is 17.5 Å². The van der Waals surface area contributed by atoms with Gasteiger partial charge in [0.15, 0.2) is 0 Å². The standard InChI is InChI=1S/C13H16N2O2S/c14-12(18)8-17-11-6-2-5-10(7-11)15-13(16)9-3-1-4-9/h2,5-7,9H,1,3-4,8H2,(H2,14,18)(H,15,16). The van der Waals surface area contributed by atoms with Crippen LogP contribution in [0.25, 0.3) is 0 Å². The van der Waals surface area contributed by atoms with Crippen molar-refractivity contribution in [3.05, 3.63) is 24.3 Å². The number of amides is 1. The van der Waals surface area contributed by atoms with Gasteiger partial charge >= 0.3 is 0 Å². The van der Waals surface area contributed by atoms with E-state index in [9.17, 15) is 4.79 Å². The molecule has 0 saturated heterocycles. The monoisotopic (exact) mass is 264 g/mol. The summed E-state index contributed by atoms with van der Waals surface area (Å²) in [5.74, 6) is 0.910. The Kier molecular flexibility index (Phi) is 4.15. The smallest absolute Gasteiger partial charge is 0.227 e. The first-order valence-electron chi connectivity index (χ1n) is 5.97. The first-order chi connectivity index (χ1) is 8.65. The van der Waals surface area contributed by atoms with E-state index >= 15 is 0 Å². The van der Waals surface area contributed by atoms with Gasteiger partial charge in [0.25, 0.3) is 0 Å². The van der Waals surface area contributed by atoms with E-state index in [-0.39, 0.29) is 18.4 Å². The van der Waals surface area contributed by atoms with Crippen molar-refractivity contribution in [2.45, 2.75) is 19.3 Å². The predicted octanol–water partition coefficient (Wildman–Crippen LogP) is 2.09. The van der Waals surface area contributed by atoms with E-state index < -0.39 is 0 Å². The van der Waals surface area contributed by atoms with E-state index in [4.69, 9.17) is 22.7 Å². The maximum absolute atomic E-state index is 11.8. The first kappa shape index (κ1) is 12.8. The SMILES string of the molecule is NC(=S)COc1cccc(NC(=O)C2CCC2)c1. The number of carbonyl (C=O) groups is 1. The van der Waals surface area contributed by atoms with Crippen molar-refractivity contribution in [3.8, 4) is 5.75 Å². The molecule has 1 fully saturated rings. The van der Waals surface area contributed by atoms with Crippen molar-refractivity contribution < 1.29 is 9.53 Å². The van der Waals surface area contributed by atoms with Crippen molar-refractivity contribution in [3.63, 3.8) is 0 Å². The normalized spacial score (nSPS) is 14.7. The number of thiocarbonyl (C=S) groups is 1. The minimum absolute atomic E-state index is 0.0905. The van der Waals surface area contributed by atoms with Crippen LogP contribution in [0.1, 0.15) is 19.3 Å². The zero-order valence-corrected chi connectivity index (χ0v) is 10.8. The maximum Gasteiger partial charge on any atom is 0.227 e. The van der Waals surface area contributed by atoms with Crippen molar-refractivity contribution in [2.75, 3.05) is 11.9 Å². The van der Waals surface area contributed by atoms with Gasteiger partial charge in [0.2, 0.25) is 5.91 Å². The highest BCUT2D eigenvalue weighted by atomic mass is 32.1. The van der Waals surface area contributed by atoms with Gasteiger partial charge in [-0.05, 0) is 25.0 Å². The van der Waals surface area contributed by atoms with Gasteiger partial charge in [-0.1, -0.05) is 24.7 Å². The lowest BCUT2D eigenvalue weighted by Crippen LogP contribution is -2.28. The third-order valence-corrected chi connectivity index (χ3v) is 3.08. The molecule has 0 unspecified atom stereocenters. The lowest BCUT2D eigenvalue weighted by atomic mass is 9.85. The lowest BCUT2D eigenvalue weighted by molar-refractivity contribution is -0.122. The Morgan fingerprint density at radius 1 is 1.50 bits per heavy atom. The van der Waals surface area contributed by atoms with Crippen LogP contribution in [0.5, 0.6) is 5.75 Å². The third-order valence-electron chi connectivity index (χ3n) is 2.96. The Morgan fingerprint density at radius 2 is 2.28 bits per heavy atom. The molecule has 0 bridgehead atoms. The highest BCUT2D eigenvalue weighted by Gasteiger charge is 2.25. The van der Waals surface area contributed by atoms with Crippen LogP contribution in [0, 0.1) is 5.92 Å². The number of nitrogens with one attached hydrogen (secondary N) is 1. The van der Waals surface area contributed by atoms with Crippen molar-refractivity contribution in [1.29, 1.82) is 0 Å². The fraction of sp³-hybridized carbons (Fsp3) is 0.385. The summed E-state index contributed by atoms with van der Waals surface area (Å²) in [7, 11) is 0. The van der Waals surface area contributed by atoms with Gasteiger partial charge in [-0.3, -0.25) is 4.79 Å². The molecule has 1 amide bonds. The molecule has 3 N–H and O–H groups in total. The molecule has 4 nitrogen and oxygen atoms in total. The molecule has 1 aromatic rings. The second-order valence-electron chi connectivity index (χ2n) is 4.40. The molecule has 1 aliphatic carbocycles. The van der Waals surface area contributed by atoms with E-state index in [1.807, 2.05) is 12.1 Å². The lowest BCUT2D eigenvalue weighted by Gasteiger charge is -2.24. The molecule has 0 aromatic heterocycles.